The average molecular weight is 652 g/mol. The number of aromatic nitrogens is 3. The molecule has 8 aromatic carbocycles. The van der Waals surface area contributed by atoms with Crippen LogP contribution in [0.25, 0.3) is 99.9 Å². The van der Waals surface area contributed by atoms with E-state index in [1.165, 1.54) is 22.1 Å². The monoisotopic (exact) mass is 651 g/mol. The fraction of sp³-hybridized carbons (Fsp3) is 0. The highest BCUT2D eigenvalue weighted by atomic mass is 16.3. The lowest BCUT2D eigenvalue weighted by Gasteiger charge is -2.11. The summed E-state index contributed by atoms with van der Waals surface area (Å²) in [7, 11) is 0. The Morgan fingerprint density at radius 1 is 0.294 bits per heavy atom. The van der Waals surface area contributed by atoms with Crippen molar-refractivity contribution < 1.29 is 4.42 Å². The highest BCUT2D eigenvalue weighted by Gasteiger charge is 2.15. The van der Waals surface area contributed by atoms with Crippen LogP contribution in [0.1, 0.15) is 0 Å². The molecule has 0 saturated heterocycles. The number of rotatable bonds is 5. The largest absolute Gasteiger partial charge is 0.456 e. The van der Waals surface area contributed by atoms with Crippen molar-refractivity contribution in [2.45, 2.75) is 0 Å². The summed E-state index contributed by atoms with van der Waals surface area (Å²) < 4.78 is 6.23. The van der Waals surface area contributed by atoms with E-state index in [0.717, 1.165) is 60.4 Å². The van der Waals surface area contributed by atoms with E-state index in [4.69, 9.17) is 19.4 Å². The molecule has 51 heavy (non-hydrogen) atoms. The minimum atomic E-state index is 0.617. The zero-order valence-corrected chi connectivity index (χ0v) is 27.5. The van der Waals surface area contributed by atoms with Crippen molar-refractivity contribution in [3.05, 3.63) is 176 Å². The Morgan fingerprint density at radius 2 is 0.882 bits per heavy atom. The molecule has 0 amide bonds. The van der Waals surface area contributed by atoms with E-state index in [2.05, 4.69) is 146 Å². The van der Waals surface area contributed by atoms with Gasteiger partial charge in [0.05, 0.1) is 0 Å². The molecule has 0 saturated carbocycles. The standard InChI is InChI=1S/C47H29N3O/c1-3-10-30(11-4-1)31-18-20-33(21-19-31)45-48-46(36-23-22-34-28-42-41-15-7-8-17-43(41)51-44(42)29-38(34)27-36)50-47(49-45)37-24-25-40-35(26-37)14-9-16-39(40)32-12-5-2-6-13-32/h1-29H. The lowest BCUT2D eigenvalue weighted by Crippen LogP contribution is -2.00. The van der Waals surface area contributed by atoms with Crippen molar-refractivity contribution in [3.8, 4) is 56.4 Å². The maximum atomic E-state index is 6.23. The average Bonchev–Trinajstić information content (AvgIpc) is 3.57. The molecule has 0 bridgehead atoms. The van der Waals surface area contributed by atoms with Gasteiger partial charge in [0.2, 0.25) is 0 Å². The SMILES string of the molecule is c1ccc(-c2ccc(-c3nc(-c4ccc5cc6c(cc5c4)oc4ccccc46)nc(-c4ccc5c(-c6ccccc6)cccc5c4)n3)cc2)cc1. The second kappa shape index (κ2) is 11.9. The zero-order valence-electron chi connectivity index (χ0n) is 27.5. The first-order valence-electron chi connectivity index (χ1n) is 17.1. The van der Waals surface area contributed by atoms with Crippen molar-refractivity contribution in [3.63, 3.8) is 0 Å². The first-order valence-corrected chi connectivity index (χ1v) is 17.1. The molecule has 0 N–H and O–H groups in total. The molecule has 0 aliphatic heterocycles. The topological polar surface area (TPSA) is 51.8 Å². The summed E-state index contributed by atoms with van der Waals surface area (Å²) in [6, 6.07) is 61.2. The molecule has 0 aliphatic rings. The molecule has 4 nitrogen and oxygen atoms in total. The third kappa shape index (κ3) is 5.22. The molecule has 0 fully saturated rings. The molecule has 2 heterocycles. The van der Waals surface area contributed by atoms with Gasteiger partial charge in [-0.2, -0.15) is 0 Å². The summed E-state index contributed by atoms with van der Waals surface area (Å²) in [6.07, 6.45) is 0. The van der Waals surface area contributed by atoms with E-state index in [-0.39, 0.29) is 0 Å². The molecule has 0 radical (unpaired) electrons. The van der Waals surface area contributed by atoms with Gasteiger partial charge >= 0.3 is 0 Å². The summed E-state index contributed by atoms with van der Waals surface area (Å²) >= 11 is 0. The number of hydrogen-bond acceptors (Lipinski definition) is 4. The number of para-hydroxylation sites is 1. The van der Waals surface area contributed by atoms with Gasteiger partial charge in [-0.25, -0.2) is 15.0 Å². The fourth-order valence-corrected chi connectivity index (χ4v) is 7.11. The van der Waals surface area contributed by atoms with Gasteiger partial charge in [0.25, 0.3) is 0 Å². The van der Waals surface area contributed by atoms with Crippen LogP contribution in [0.3, 0.4) is 0 Å². The summed E-state index contributed by atoms with van der Waals surface area (Å²) in [4.78, 5) is 15.3. The van der Waals surface area contributed by atoms with Gasteiger partial charge in [-0.15, -0.1) is 0 Å². The van der Waals surface area contributed by atoms with Crippen molar-refractivity contribution in [2.24, 2.45) is 0 Å². The molecule has 238 valence electrons. The molecule has 4 heteroatoms. The van der Waals surface area contributed by atoms with Crippen LogP contribution in [0.5, 0.6) is 0 Å². The van der Waals surface area contributed by atoms with Gasteiger partial charge in [-0.1, -0.05) is 146 Å². The van der Waals surface area contributed by atoms with Crippen LogP contribution in [-0.4, -0.2) is 15.0 Å². The highest BCUT2D eigenvalue weighted by Crippen LogP contribution is 2.35. The van der Waals surface area contributed by atoms with Crippen LogP contribution in [-0.2, 0) is 0 Å². The predicted octanol–water partition coefficient (Wildman–Crippen LogP) is 12.4. The van der Waals surface area contributed by atoms with Crippen LogP contribution in [0, 0.1) is 0 Å². The van der Waals surface area contributed by atoms with E-state index in [1.54, 1.807) is 0 Å². The normalized spacial score (nSPS) is 11.5. The van der Waals surface area contributed by atoms with E-state index in [1.807, 2.05) is 30.3 Å². The quantitative estimate of drug-likeness (QED) is 0.186. The predicted molar refractivity (Wildman–Crippen MR) is 209 cm³/mol. The molecule has 0 unspecified atom stereocenters. The Balaban J connectivity index is 1.12. The molecule has 2 aromatic heterocycles. The van der Waals surface area contributed by atoms with Crippen LogP contribution < -0.4 is 0 Å². The second-order valence-corrected chi connectivity index (χ2v) is 12.9. The Hall–Kier alpha value is -6.91. The molecular weight excluding hydrogens is 623 g/mol. The third-order valence-corrected chi connectivity index (χ3v) is 9.70. The Labute approximate surface area is 294 Å². The lowest BCUT2D eigenvalue weighted by atomic mass is 9.97. The van der Waals surface area contributed by atoms with Gasteiger partial charge in [-0.05, 0) is 74.1 Å². The minimum absolute atomic E-state index is 0.617. The van der Waals surface area contributed by atoms with E-state index in [9.17, 15) is 0 Å². The van der Waals surface area contributed by atoms with Crippen LogP contribution in [0.2, 0.25) is 0 Å². The molecule has 10 aromatic rings. The molecule has 0 spiro atoms. The fourth-order valence-electron chi connectivity index (χ4n) is 7.11. The third-order valence-electron chi connectivity index (χ3n) is 9.70. The number of furan rings is 1. The summed E-state index contributed by atoms with van der Waals surface area (Å²) in [5, 5.41) is 6.74. The van der Waals surface area contributed by atoms with E-state index >= 15 is 0 Å². The van der Waals surface area contributed by atoms with Crippen molar-refractivity contribution in [1.29, 1.82) is 0 Å². The van der Waals surface area contributed by atoms with Crippen LogP contribution >= 0.6 is 0 Å². The summed E-state index contributed by atoms with van der Waals surface area (Å²) in [6.45, 7) is 0. The smallest absolute Gasteiger partial charge is 0.164 e. The Morgan fingerprint density at radius 3 is 1.65 bits per heavy atom. The van der Waals surface area contributed by atoms with Gasteiger partial charge in [0, 0.05) is 27.5 Å². The first kappa shape index (κ1) is 29.0. The zero-order chi connectivity index (χ0) is 33.7. The van der Waals surface area contributed by atoms with E-state index in [0.29, 0.717) is 17.5 Å². The van der Waals surface area contributed by atoms with Crippen molar-refractivity contribution in [2.75, 3.05) is 0 Å². The summed E-state index contributed by atoms with van der Waals surface area (Å²) in [5.41, 5.74) is 9.23. The number of hydrogen-bond donors (Lipinski definition) is 0. The van der Waals surface area contributed by atoms with Gasteiger partial charge < -0.3 is 4.42 Å². The Bertz CT molecular complexity index is 2900. The first-order chi connectivity index (χ1) is 25.2. The number of fused-ring (bicyclic) bond motifs is 5. The van der Waals surface area contributed by atoms with E-state index < -0.39 is 0 Å². The molecule has 10 rings (SSSR count). The van der Waals surface area contributed by atoms with Gasteiger partial charge in [0.1, 0.15) is 11.2 Å². The van der Waals surface area contributed by atoms with Crippen LogP contribution in [0.4, 0.5) is 0 Å². The van der Waals surface area contributed by atoms with Crippen molar-refractivity contribution >= 4 is 43.5 Å². The molecule has 0 aliphatic carbocycles. The molecule has 0 atom stereocenters. The Kier molecular flexibility index (Phi) is 6.78. The highest BCUT2D eigenvalue weighted by molar-refractivity contribution is 6.10. The van der Waals surface area contributed by atoms with Gasteiger partial charge in [0.15, 0.2) is 17.5 Å². The maximum absolute atomic E-state index is 6.23. The second-order valence-electron chi connectivity index (χ2n) is 12.9. The van der Waals surface area contributed by atoms with Crippen LogP contribution in [0.15, 0.2) is 180 Å². The summed E-state index contributed by atoms with van der Waals surface area (Å²) in [5.74, 6) is 1.87. The maximum Gasteiger partial charge on any atom is 0.164 e. The number of nitrogens with zero attached hydrogens (tertiary/aromatic N) is 3. The van der Waals surface area contributed by atoms with Crippen molar-refractivity contribution in [1.82, 2.24) is 15.0 Å². The molecular formula is C47H29N3O. The number of benzene rings is 8. The van der Waals surface area contributed by atoms with Gasteiger partial charge in [-0.3, -0.25) is 0 Å². The lowest BCUT2D eigenvalue weighted by molar-refractivity contribution is 0.669. The minimum Gasteiger partial charge on any atom is -0.456 e.